The van der Waals surface area contributed by atoms with E-state index in [2.05, 4.69) is 4.90 Å². The van der Waals surface area contributed by atoms with E-state index in [4.69, 9.17) is 5.73 Å². The maximum atomic E-state index is 13.6. The third-order valence-electron chi connectivity index (χ3n) is 3.51. The summed E-state index contributed by atoms with van der Waals surface area (Å²) in [6.07, 6.45) is 4.83. The molecule has 18 heavy (non-hydrogen) atoms. The van der Waals surface area contributed by atoms with Gasteiger partial charge in [0, 0.05) is 18.2 Å². The molecule has 2 N–H and O–H groups in total. The Labute approximate surface area is 107 Å². The molecule has 1 aliphatic rings. The van der Waals surface area contributed by atoms with Gasteiger partial charge in [-0.25, -0.2) is 8.78 Å². The number of nitrogens with two attached hydrogens (primary N) is 1. The van der Waals surface area contributed by atoms with E-state index in [1.807, 2.05) is 0 Å². The maximum absolute atomic E-state index is 13.6. The van der Waals surface area contributed by atoms with Crippen LogP contribution in [0.15, 0.2) is 18.2 Å². The molecule has 100 valence electrons. The van der Waals surface area contributed by atoms with Crippen LogP contribution in [0.3, 0.4) is 0 Å². The highest BCUT2D eigenvalue weighted by Crippen LogP contribution is 2.19. The fourth-order valence-corrected chi connectivity index (χ4v) is 2.49. The van der Waals surface area contributed by atoms with Crippen LogP contribution in [0.2, 0.25) is 0 Å². The molecule has 0 amide bonds. The summed E-state index contributed by atoms with van der Waals surface area (Å²) >= 11 is 0. The Hall–Kier alpha value is -1.00. The predicted molar refractivity (Wildman–Crippen MR) is 68.2 cm³/mol. The number of rotatable bonds is 3. The fraction of sp³-hybridized carbons (Fsp3) is 0.571. The molecule has 0 saturated carbocycles. The average molecular weight is 254 g/mol. The summed E-state index contributed by atoms with van der Waals surface area (Å²) in [5.41, 5.74) is 6.28. The van der Waals surface area contributed by atoms with E-state index in [1.54, 1.807) is 0 Å². The molecule has 0 bridgehead atoms. The van der Waals surface area contributed by atoms with Gasteiger partial charge in [0.2, 0.25) is 0 Å². The van der Waals surface area contributed by atoms with Crippen molar-refractivity contribution < 1.29 is 8.78 Å². The zero-order chi connectivity index (χ0) is 13.0. The van der Waals surface area contributed by atoms with Crippen LogP contribution >= 0.6 is 0 Å². The molecule has 1 saturated heterocycles. The lowest BCUT2D eigenvalue weighted by molar-refractivity contribution is 0.266. The van der Waals surface area contributed by atoms with Gasteiger partial charge in [-0.3, -0.25) is 0 Å². The SMILES string of the molecule is NC(CN1CCCCCC1)c1cc(F)ccc1F. The second-order valence-electron chi connectivity index (χ2n) is 4.99. The number of hydrogen-bond acceptors (Lipinski definition) is 2. The van der Waals surface area contributed by atoms with E-state index in [9.17, 15) is 8.78 Å². The highest BCUT2D eigenvalue weighted by atomic mass is 19.1. The van der Waals surface area contributed by atoms with Gasteiger partial charge in [0.25, 0.3) is 0 Å². The summed E-state index contributed by atoms with van der Waals surface area (Å²) in [5.74, 6) is -0.851. The highest BCUT2D eigenvalue weighted by molar-refractivity contribution is 5.22. The van der Waals surface area contributed by atoms with Crippen LogP contribution in [-0.4, -0.2) is 24.5 Å². The van der Waals surface area contributed by atoms with Gasteiger partial charge < -0.3 is 10.6 Å². The summed E-state index contributed by atoms with van der Waals surface area (Å²) in [6.45, 7) is 2.61. The smallest absolute Gasteiger partial charge is 0.128 e. The third kappa shape index (κ3) is 3.50. The monoisotopic (exact) mass is 254 g/mol. The first-order valence-electron chi connectivity index (χ1n) is 6.59. The average Bonchev–Trinajstić information content (AvgIpc) is 2.61. The van der Waals surface area contributed by atoms with Gasteiger partial charge in [0.05, 0.1) is 0 Å². The molecular formula is C14H20F2N2. The van der Waals surface area contributed by atoms with Crippen LogP contribution in [0.4, 0.5) is 8.78 Å². The predicted octanol–water partition coefficient (Wildman–Crippen LogP) is 2.84. The summed E-state index contributed by atoms with van der Waals surface area (Å²) < 4.78 is 26.7. The molecule has 0 aliphatic carbocycles. The largest absolute Gasteiger partial charge is 0.323 e. The highest BCUT2D eigenvalue weighted by Gasteiger charge is 2.17. The summed E-state index contributed by atoms with van der Waals surface area (Å²) in [5, 5.41) is 0. The van der Waals surface area contributed by atoms with Crippen molar-refractivity contribution in [1.82, 2.24) is 4.90 Å². The van der Waals surface area contributed by atoms with Crippen molar-refractivity contribution in [3.63, 3.8) is 0 Å². The van der Waals surface area contributed by atoms with Crippen molar-refractivity contribution >= 4 is 0 Å². The van der Waals surface area contributed by atoms with Crippen molar-refractivity contribution in [2.24, 2.45) is 5.73 Å². The molecule has 4 heteroatoms. The van der Waals surface area contributed by atoms with Gasteiger partial charge in [-0.15, -0.1) is 0 Å². The summed E-state index contributed by atoms with van der Waals surface area (Å²) in [6, 6.07) is 3.02. The fourth-order valence-electron chi connectivity index (χ4n) is 2.49. The molecule has 1 aliphatic heterocycles. The summed E-state index contributed by atoms with van der Waals surface area (Å²) in [7, 11) is 0. The molecule has 0 radical (unpaired) electrons. The standard InChI is InChI=1S/C14H20F2N2/c15-11-5-6-13(16)12(9-11)14(17)10-18-7-3-1-2-4-8-18/h5-6,9,14H,1-4,7-8,10,17H2. The Morgan fingerprint density at radius 2 is 1.78 bits per heavy atom. The number of halogens is 2. The first kappa shape index (κ1) is 13.4. The Morgan fingerprint density at radius 3 is 2.44 bits per heavy atom. The lowest BCUT2D eigenvalue weighted by Gasteiger charge is -2.24. The van der Waals surface area contributed by atoms with Crippen LogP contribution in [0, 0.1) is 11.6 Å². The first-order chi connectivity index (χ1) is 8.66. The van der Waals surface area contributed by atoms with Crippen molar-refractivity contribution in [3.05, 3.63) is 35.4 Å². The second kappa shape index (κ2) is 6.25. The summed E-state index contributed by atoms with van der Waals surface area (Å²) in [4.78, 5) is 2.25. The Morgan fingerprint density at radius 1 is 1.11 bits per heavy atom. The van der Waals surface area contributed by atoms with E-state index < -0.39 is 17.7 Å². The van der Waals surface area contributed by atoms with Crippen molar-refractivity contribution in [3.8, 4) is 0 Å². The van der Waals surface area contributed by atoms with E-state index in [-0.39, 0.29) is 5.56 Å². The first-order valence-corrected chi connectivity index (χ1v) is 6.59. The molecule has 2 nitrogen and oxygen atoms in total. The Balaban J connectivity index is 2.01. The molecule has 0 spiro atoms. The molecule has 2 rings (SSSR count). The minimum absolute atomic E-state index is 0.277. The van der Waals surface area contributed by atoms with Crippen molar-refractivity contribution in [2.45, 2.75) is 31.7 Å². The van der Waals surface area contributed by atoms with Gasteiger partial charge in [-0.1, -0.05) is 12.8 Å². The van der Waals surface area contributed by atoms with Gasteiger partial charge >= 0.3 is 0 Å². The van der Waals surface area contributed by atoms with E-state index in [0.717, 1.165) is 25.2 Å². The molecule has 1 aromatic carbocycles. The minimum Gasteiger partial charge on any atom is -0.323 e. The van der Waals surface area contributed by atoms with Crippen LogP contribution in [0.25, 0.3) is 0 Å². The number of nitrogens with zero attached hydrogens (tertiary/aromatic N) is 1. The van der Waals surface area contributed by atoms with E-state index in [1.165, 1.54) is 31.7 Å². The van der Waals surface area contributed by atoms with Crippen LogP contribution < -0.4 is 5.73 Å². The zero-order valence-corrected chi connectivity index (χ0v) is 10.5. The topological polar surface area (TPSA) is 29.3 Å². The maximum Gasteiger partial charge on any atom is 0.128 e. The van der Waals surface area contributed by atoms with Gasteiger partial charge in [0.1, 0.15) is 11.6 Å². The number of benzene rings is 1. The molecule has 1 atom stereocenters. The molecule has 1 heterocycles. The van der Waals surface area contributed by atoms with Gasteiger partial charge in [0.15, 0.2) is 0 Å². The molecule has 1 fully saturated rings. The number of likely N-dealkylation sites (tertiary alicyclic amines) is 1. The van der Waals surface area contributed by atoms with E-state index >= 15 is 0 Å². The van der Waals surface area contributed by atoms with E-state index in [0.29, 0.717) is 6.54 Å². The van der Waals surface area contributed by atoms with Crippen molar-refractivity contribution in [1.29, 1.82) is 0 Å². The molecular weight excluding hydrogens is 234 g/mol. The van der Waals surface area contributed by atoms with Crippen molar-refractivity contribution in [2.75, 3.05) is 19.6 Å². The molecule has 1 unspecified atom stereocenters. The van der Waals surface area contributed by atoms with Crippen LogP contribution in [0.1, 0.15) is 37.3 Å². The Bertz CT molecular complexity index is 387. The lowest BCUT2D eigenvalue weighted by Crippen LogP contribution is -2.33. The zero-order valence-electron chi connectivity index (χ0n) is 10.5. The molecule has 1 aromatic rings. The quantitative estimate of drug-likeness (QED) is 0.898. The van der Waals surface area contributed by atoms with Gasteiger partial charge in [-0.05, 0) is 44.1 Å². The number of hydrogen-bond donors (Lipinski definition) is 1. The molecule has 0 aromatic heterocycles. The normalized spacial score (nSPS) is 19.5. The third-order valence-corrected chi connectivity index (χ3v) is 3.51. The van der Waals surface area contributed by atoms with Crippen LogP contribution in [0.5, 0.6) is 0 Å². The minimum atomic E-state index is -0.459. The lowest BCUT2D eigenvalue weighted by atomic mass is 10.1. The second-order valence-corrected chi connectivity index (χ2v) is 4.99. The van der Waals surface area contributed by atoms with Crippen LogP contribution in [-0.2, 0) is 0 Å². The Kier molecular flexibility index (Phi) is 4.66. The van der Waals surface area contributed by atoms with Gasteiger partial charge in [-0.2, -0.15) is 0 Å².